The SMILES string of the molecule is COc1ccc(-c2ccc(-c3cnc([C@@H]4CCCCN4C(=O)[C@@H](c4ccccc4)N(C)C)[nH]3)cc2)cc1-c1cnc([C@@H]2CCCN2C(=O)[C@@H](c2ccccc2)N(C)C)[nH]1. The summed E-state index contributed by atoms with van der Waals surface area (Å²) in [4.78, 5) is 53.0. The third-order valence-electron chi connectivity index (χ3n) is 11.9. The number of hydrogen-bond acceptors (Lipinski definition) is 7. The quantitative estimate of drug-likeness (QED) is 0.128. The zero-order chi connectivity index (χ0) is 41.0. The first-order chi connectivity index (χ1) is 28.7. The van der Waals surface area contributed by atoms with E-state index in [-0.39, 0.29) is 36.0 Å². The molecule has 2 aliphatic rings. The van der Waals surface area contributed by atoms with Crippen LogP contribution >= 0.6 is 0 Å². The molecule has 0 radical (unpaired) electrons. The van der Waals surface area contributed by atoms with Crippen LogP contribution in [0.25, 0.3) is 33.6 Å². The first-order valence-electron chi connectivity index (χ1n) is 20.6. The highest BCUT2D eigenvalue weighted by molar-refractivity contribution is 5.85. The molecule has 8 rings (SSSR count). The molecule has 59 heavy (non-hydrogen) atoms. The van der Waals surface area contributed by atoms with Crippen molar-refractivity contribution < 1.29 is 14.3 Å². The lowest BCUT2D eigenvalue weighted by atomic mass is 9.97. The largest absolute Gasteiger partial charge is 0.496 e. The van der Waals surface area contributed by atoms with Crippen molar-refractivity contribution in [2.45, 2.75) is 56.3 Å². The van der Waals surface area contributed by atoms with Gasteiger partial charge in [-0.25, -0.2) is 9.97 Å². The molecule has 4 heterocycles. The summed E-state index contributed by atoms with van der Waals surface area (Å²) in [7, 11) is 9.52. The molecule has 0 spiro atoms. The van der Waals surface area contributed by atoms with E-state index in [4.69, 9.17) is 14.7 Å². The number of ether oxygens (including phenoxy) is 1. The Balaban J connectivity index is 0.997. The molecule has 0 saturated carbocycles. The van der Waals surface area contributed by atoms with Gasteiger partial charge >= 0.3 is 0 Å². The summed E-state index contributed by atoms with van der Waals surface area (Å²) in [5.41, 5.74) is 7.73. The zero-order valence-corrected chi connectivity index (χ0v) is 34.6. The van der Waals surface area contributed by atoms with Crippen molar-refractivity contribution in [3.8, 4) is 39.4 Å². The summed E-state index contributed by atoms with van der Waals surface area (Å²) < 4.78 is 5.83. The van der Waals surface area contributed by atoms with Crippen molar-refractivity contribution in [3.05, 3.63) is 138 Å². The predicted octanol–water partition coefficient (Wildman–Crippen LogP) is 8.47. The fraction of sp³-hybridized carbons (Fsp3) is 0.333. The molecule has 2 aliphatic heterocycles. The van der Waals surface area contributed by atoms with E-state index in [9.17, 15) is 9.59 Å². The number of methoxy groups -OCH3 is 1. The number of amides is 2. The van der Waals surface area contributed by atoms with Crippen LogP contribution in [0.3, 0.4) is 0 Å². The third kappa shape index (κ3) is 8.17. The average molecular weight is 791 g/mol. The monoisotopic (exact) mass is 790 g/mol. The highest BCUT2D eigenvalue weighted by Gasteiger charge is 2.38. The maximum atomic E-state index is 14.1. The van der Waals surface area contributed by atoms with Crippen LogP contribution in [0.2, 0.25) is 0 Å². The van der Waals surface area contributed by atoms with Crippen LogP contribution in [0.1, 0.15) is 79.0 Å². The minimum absolute atomic E-state index is 0.0825. The van der Waals surface area contributed by atoms with Gasteiger partial charge in [0.05, 0.1) is 43.0 Å². The predicted molar refractivity (Wildman–Crippen MR) is 231 cm³/mol. The number of likely N-dealkylation sites (tertiary alicyclic amines) is 2. The van der Waals surface area contributed by atoms with E-state index in [1.54, 1.807) is 7.11 Å². The van der Waals surface area contributed by atoms with Crippen LogP contribution < -0.4 is 4.74 Å². The highest BCUT2D eigenvalue weighted by Crippen LogP contribution is 2.39. The van der Waals surface area contributed by atoms with Gasteiger partial charge in [-0.1, -0.05) is 91.0 Å². The molecular formula is C48H54N8O3. The molecule has 0 aliphatic carbocycles. The van der Waals surface area contributed by atoms with Crippen molar-refractivity contribution in [1.29, 1.82) is 0 Å². The first kappa shape index (κ1) is 39.8. The van der Waals surface area contributed by atoms with Gasteiger partial charge in [0.2, 0.25) is 11.8 Å². The minimum Gasteiger partial charge on any atom is -0.496 e. The summed E-state index contributed by atoms with van der Waals surface area (Å²) in [6, 6.07) is 33.6. The van der Waals surface area contributed by atoms with Crippen molar-refractivity contribution in [1.82, 2.24) is 39.5 Å². The fourth-order valence-electron chi connectivity index (χ4n) is 8.94. The van der Waals surface area contributed by atoms with Crippen molar-refractivity contribution in [2.24, 2.45) is 0 Å². The van der Waals surface area contributed by atoms with Gasteiger partial charge in [0, 0.05) is 18.7 Å². The van der Waals surface area contributed by atoms with Gasteiger partial charge in [-0.15, -0.1) is 0 Å². The van der Waals surface area contributed by atoms with E-state index in [0.29, 0.717) is 13.1 Å². The number of aromatic amines is 2. The Morgan fingerprint density at radius 3 is 1.68 bits per heavy atom. The molecule has 304 valence electrons. The number of rotatable bonds is 12. The molecule has 2 aromatic heterocycles. The summed E-state index contributed by atoms with van der Waals surface area (Å²) in [6.07, 6.45) is 8.38. The molecule has 4 atom stereocenters. The molecule has 2 fully saturated rings. The number of carbonyl (C=O) groups is 2. The molecule has 0 unspecified atom stereocenters. The lowest BCUT2D eigenvalue weighted by molar-refractivity contribution is -0.140. The number of carbonyl (C=O) groups excluding carboxylic acids is 2. The maximum absolute atomic E-state index is 14.1. The normalized spacial score (nSPS) is 18.0. The molecule has 2 amide bonds. The van der Waals surface area contributed by atoms with Crippen molar-refractivity contribution in [2.75, 3.05) is 48.4 Å². The minimum atomic E-state index is -0.371. The maximum Gasteiger partial charge on any atom is 0.245 e. The highest BCUT2D eigenvalue weighted by atomic mass is 16.5. The number of hydrogen-bond donors (Lipinski definition) is 2. The Bertz CT molecular complexity index is 2350. The second-order valence-corrected chi connectivity index (χ2v) is 16.1. The Labute approximate surface area is 347 Å². The van der Waals surface area contributed by atoms with Crippen molar-refractivity contribution >= 4 is 11.8 Å². The fourth-order valence-corrected chi connectivity index (χ4v) is 8.94. The van der Waals surface area contributed by atoms with Gasteiger partial charge in [-0.3, -0.25) is 19.4 Å². The number of aromatic nitrogens is 4. The molecular weight excluding hydrogens is 737 g/mol. The molecule has 2 saturated heterocycles. The van der Waals surface area contributed by atoms with Crippen LogP contribution in [-0.4, -0.2) is 99.7 Å². The van der Waals surface area contributed by atoms with E-state index < -0.39 is 0 Å². The summed E-state index contributed by atoms with van der Waals surface area (Å²) >= 11 is 0. The smallest absolute Gasteiger partial charge is 0.245 e. The zero-order valence-electron chi connectivity index (χ0n) is 34.6. The second kappa shape index (κ2) is 17.4. The topological polar surface area (TPSA) is 114 Å². The molecule has 0 bridgehead atoms. The Morgan fingerprint density at radius 2 is 1.12 bits per heavy atom. The molecule has 11 heteroatoms. The third-order valence-corrected chi connectivity index (χ3v) is 11.9. The first-order valence-corrected chi connectivity index (χ1v) is 20.6. The van der Waals surface area contributed by atoms with E-state index in [1.165, 1.54) is 0 Å². The summed E-state index contributed by atoms with van der Waals surface area (Å²) in [5, 5.41) is 0. The number of nitrogens with zero attached hydrogens (tertiary/aromatic N) is 6. The van der Waals surface area contributed by atoms with Gasteiger partial charge in [-0.05, 0) is 100 Å². The van der Waals surface area contributed by atoms with E-state index in [1.807, 2.05) is 127 Å². The number of benzene rings is 4. The molecule has 11 nitrogen and oxygen atoms in total. The Kier molecular flexibility index (Phi) is 11.8. The van der Waals surface area contributed by atoms with Gasteiger partial charge in [0.25, 0.3) is 0 Å². The summed E-state index contributed by atoms with van der Waals surface area (Å²) in [6.45, 7) is 1.40. The number of piperidine rings is 1. The van der Waals surface area contributed by atoms with Crippen LogP contribution in [0, 0.1) is 0 Å². The van der Waals surface area contributed by atoms with Gasteiger partial charge in [0.1, 0.15) is 29.5 Å². The number of imidazole rings is 2. The van der Waals surface area contributed by atoms with Crippen LogP contribution in [0.15, 0.2) is 116 Å². The van der Waals surface area contributed by atoms with E-state index >= 15 is 0 Å². The van der Waals surface area contributed by atoms with Gasteiger partial charge in [-0.2, -0.15) is 0 Å². The van der Waals surface area contributed by atoms with Crippen LogP contribution in [-0.2, 0) is 9.59 Å². The number of nitrogens with one attached hydrogen (secondary N) is 2. The van der Waals surface area contributed by atoms with Gasteiger partial charge in [0.15, 0.2) is 0 Å². The Morgan fingerprint density at radius 1 is 0.627 bits per heavy atom. The van der Waals surface area contributed by atoms with Crippen LogP contribution in [0.5, 0.6) is 5.75 Å². The second-order valence-electron chi connectivity index (χ2n) is 16.1. The summed E-state index contributed by atoms with van der Waals surface area (Å²) in [5.74, 6) is 2.52. The number of H-pyrrole nitrogens is 2. The average Bonchev–Trinajstić information content (AvgIpc) is 4.06. The van der Waals surface area contributed by atoms with Gasteiger partial charge < -0.3 is 24.5 Å². The van der Waals surface area contributed by atoms with Crippen molar-refractivity contribution in [3.63, 3.8) is 0 Å². The number of likely N-dealkylation sites (N-methyl/N-ethyl adjacent to an activating group) is 2. The molecule has 4 aromatic carbocycles. The lowest BCUT2D eigenvalue weighted by Crippen LogP contribution is -2.45. The standard InChI is InChI=1S/C48H54N8O3/c1-53(2)43(34-15-8-6-9-16-34)47(57)55-27-13-12-19-40(55)45-49-30-38(51-45)33-23-21-32(22-24-33)36-25-26-42(59-5)37(29-36)39-31-50-46(52-39)41-20-14-28-56(41)48(58)44(54(3)4)35-17-10-7-11-18-35/h6-11,15-18,21-26,29-31,40-41,43-44H,12-14,19-20,27-28H2,1-5H3,(H,49,51)(H,50,52)/t40-,41-,43+,44+/m0/s1. The molecule has 2 N–H and O–H groups in total. The molecule has 6 aromatic rings. The van der Waals surface area contributed by atoms with E-state index in [2.05, 4.69) is 46.4 Å². The lowest BCUT2D eigenvalue weighted by Gasteiger charge is -2.38. The Hall–Kier alpha value is -6.04. The van der Waals surface area contributed by atoms with E-state index in [0.717, 1.165) is 94.3 Å². The van der Waals surface area contributed by atoms with Crippen LogP contribution in [0.4, 0.5) is 0 Å².